The molecule has 2 aromatic carbocycles. The molecule has 1 saturated heterocycles. The van der Waals surface area contributed by atoms with Gasteiger partial charge in [0.05, 0.1) is 26.3 Å². The largest absolute Gasteiger partial charge is 0.493 e. The molecular formula is C36H42N6O8. The van der Waals surface area contributed by atoms with Crippen LogP contribution in [0.1, 0.15) is 53.7 Å². The Hall–Kier alpha value is -5.40. The number of fused-ring (bicyclic) bond motifs is 16. The van der Waals surface area contributed by atoms with Gasteiger partial charge in [-0.2, -0.15) is 0 Å². The molecule has 1 fully saturated rings. The number of methoxy groups -OCH3 is 1. The van der Waals surface area contributed by atoms with Gasteiger partial charge in [0.25, 0.3) is 5.91 Å². The number of hydrogen-bond donors (Lipinski definition) is 2. The summed E-state index contributed by atoms with van der Waals surface area (Å²) >= 11 is 0. The maximum atomic E-state index is 13.7. The SMILES string of the molecule is COc1cc2ccc1O[C@H]1C[C@@H](C(=O)NCCCCN(C(=O)c3cnccn3)CCCNC(=O)CC2)N(C(=O)Cc2ccc3c(c2)OCO3)C1. The van der Waals surface area contributed by atoms with Crippen LogP contribution in [0.3, 0.4) is 0 Å². The van der Waals surface area contributed by atoms with Crippen LogP contribution in [0.5, 0.6) is 23.0 Å². The van der Waals surface area contributed by atoms with E-state index in [1.807, 2.05) is 18.2 Å². The molecule has 0 unspecified atom stereocenters. The maximum Gasteiger partial charge on any atom is 0.274 e. The van der Waals surface area contributed by atoms with E-state index in [1.165, 1.54) is 18.6 Å². The molecule has 4 bridgehead atoms. The third-order valence-corrected chi connectivity index (χ3v) is 8.99. The predicted molar refractivity (Wildman–Crippen MR) is 180 cm³/mol. The Balaban J connectivity index is 1.18. The lowest BCUT2D eigenvalue weighted by molar-refractivity contribution is -0.138. The van der Waals surface area contributed by atoms with Gasteiger partial charge in [-0.1, -0.05) is 12.1 Å². The minimum atomic E-state index is -0.738. The Kier molecular flexibility index (Phi) is 11.3. The van der Waals surface area contributed by atoms with Crippen molar-refractivity contribution in [3.63, 3.8) is 0 Å². The Bertz CT molecular complexity index is 1690. The molecule has 3 aromatic rings. The highest BCUT2D eigenvalue weighted by molar-refractivity contribution is 5.92. The molecule has 264 valence electrons. The molecule has 0 saturated carbocycles. The summed E-state index contributed by atoms with van der Waals surface area (Å²) in [4.78, 5) is 64.7. The Morgan fingerprint density at radius 2 is 1.76 bits per heavy atom. The fraction of sp³-hybridized carbons (Fsp3) is 0.444. The maximum absolute atomic E-state index is 13.7. The molecule has 0 aliphatic carbocycles. The topological polar surface area (TPSA) is 162 Å². The second-order valence-corrected chi connectivity index (χ2v) is 12.5. The van der Waals surface area contributed by atoms with Gasteiger partial charge in [-0.05, 0) is 61.1 Å². The number of aryl methyl sites for hydroxylation is 1. The van der Waals surface area contributed by atoms with Crippen LogP contribution in [0.2, 0.25) is 0 Å². The molecule has 4 aliphatic rings. The number of nitrogens with zero attached hydrogens (tertiary/aromatic N) is 4. The molecule has 2 atom stereocenters. The number of ether oxygens (including phenoxy) is 4. The highest BCUT2D eigenvalue weighted by atomic mass is 16.7. The van der Waals surface area contributed by atoms with Crippen molar-refractivity contribution in [2.24, 2.45) is 0 Å². The van der Waals surface area contributed by atoms with Gasteiger partial charge in [0.15, 0.2) is 23.0 Å². The summed E-state index contributed by atoms with van der Waals surface area (Å²) < 4.78 is 22.9. The highest BCUT2D eigenvalue weighted by Gasteiger charge is 2.41. The van der Waals surface area contributed by atoms with Crippen LogP contribution >= 0.6 is 0 Å². The zero-order valence-corrected chi connectivity index (χ0v) is 28.1. The summed E-state index contributed by atoms with van der Waals surface area (Å²) in [5.74, 6) is 1.42. The van der Waals surface area contributed by atoms with Crippen LogP contribution in [0.4, 0.5) is 0 Å². The smallest absolute Gasteiger partial charge is 0.274 e. The Morgan fingerprint density at radius 3 is 2.60 bits per heavy atom. The van der Waals surface area contributed by atoms with Gasteiger partial charge < -0.3 is 39.4 Å². The van der Waals surface area contributed by atoms with E-state index in [2.05, 4.69) is 20.6 Å². The first-order valence-electron chi connectivity index (χ1n) is 17.0. The number of likely N-dealkylation sites (tertiary alicyclic amines) is 1. The van der Waals surface area contributed by atoms with Crippen molar-refractivity contribution in [1.82, 2.24) is 30.4 Å². The van der Waals surface area contributed by atoms with Crippen LogP contribution in [0, 0.1) is 0 Å². The van der Waals surface area contributed by atoms with Crippen molar-refractivity contribution >= 4 is 23.6 Å². The number of rotatable bonds is 4. The molecule has 14 heteroatoms. The summed E-state index contributed by atoms with van der Waals surface area (Å²) in [5.41, 5.74) is 1.89. The molecule has 50 heavy (non-hydrogen) atoms. The number of benzene rings is 2. The van der Waals surface area contributed by atoms with Crippen LogP contribution < -0.4 is 29.6 Å². The van der Waals surface area contributed by atoms with Gasteiger partial charge in [-0.15, -0.1) is 0 Å². The van der Waals surface area contributed by atoms with Gasteiger partial charge in [0, 0.05) is 51.4 Å². The van der Waals surface area contributed by atoms with E-state index in [-0.39, 0.29) is 55.5 Å². The lowest BCUT2D eigenvalue weighted by Gasteiger charge is -2.24. The fourth-order valence-electron chi connectivity index (χ4n) is 6.37. The standard InChI is InChI=1S/C36H42N6O8/c1-47-31-17-24-5-9-30(31)50-26-20-28(42(22-26)34(44)19-25-6-8-29-32(18-25)49-23-48-29)35(45)40-11-2-3-15-41(16-4-12-39-33(43)10-7-24)36(46)27-21-37-13-14-38-27/h5-6,8-9,13-14,17-18,21,26,28H,2-4,7,10-12,15-16,19-20,22-23H2,1H3,(H,39,43)(H,40,45)/t26-,28-/m0/s1. The van der Waals surface area contributed by atoms with Crippen LogP contribution in [0.25, 0.3) is 0 Å². The van der Waals surface area contributed by atoms with E-state index in [9.17, 15) is 19.2 Å². The first kappa shape index (κ1) is 34.5. The molecule has 1 aromatic heterocycles. The zero-order chi connectivity index (χ0) is 34.9. The molecule has 4 aliphatic heterocycles. The summed E-state index contributed by atoms with van der Waals surface area (Å²) in [6, 6.07) is 10.2. The fourth-order valence-corrected chi connectivity index (χ4v) is 6.37. The number of aromatic nitrogens is 2. The van der Waals surface area contributed by atoms with Crippen LogP contribution in [-0.2, 0) is 27.2 Å². The molecule has 7 rings (SSSR count). The van der Waals surface area contributed by atoms with E-state index in [0.29, 0.717) is 81.3 Å². The van der Waals surface area contributed by atoms with Gasteiger partial charge in [0.2, 0.25) is 24.5 Å². The van der Waals surface area contributed by atoms with E-state index in [4.69, 9.17) is 18.9 Å². The van der Waals surface area contributed by atoms with Gasteiger partial charge in [0.1, 0.15) is 17.8 Å². The van der Waals surface area contributed by atoms with Gasteiger partial charge in [-0.25, -0.2) is 4.98 Å². The number of amides is 4. The molecule has 5 heterocycles. The predicted octanol–water partition coefficient (Wildman–Crippen LogP) is 2.30. The summed E-state index contributed by atoms with van der Waals surface area (Å²) in [5, 5.41) is 5.95. The van der Waals surface area contributed by atoms with Crippen molar-refractivity contribution in [2.45, 2.75) is 57.1 Å². The number of carbonyl (C=O) groups is 4. The minimum absolute atomic E-state index is 0.0778. The zero-order valence-electron chi connectivity index (χ0n) is 28.1. The van der Waals surface area contributed by atoms with E-state index >= 15 is 0 Å². The first-order valence-corrected chi connectivity index (χ1v) is 17.0. The molecule has 0 radical (unpaired) electrons. The number of carbonyl (C=O) groups excluding carboxylic acids is 4. The van der Waals surface area contributed by atoms with Crippen molar-refractivity contribution < 1.29 is 38.1 Å². The monoisotopic (exact) mass is 686 g/mol. The van der Waals surface area contributed by atoms with Crippen molar-refractivity contribution in [3.05, 3.63) is 71.8 Å². The highest BCUT2D eigenvalue weighted by Crippen LogP contribution is 2.34. The van der Waals surface area contributed by atoms with Crippen molar-refractivity contribution in [1.29, 1.82) is 0 Å². The lowest BCUT2D eigenvalue weighted by atomic mass is 10.1. The summed E-state index contributed by atoms with van der Waals surface area (Å²) in [7, 11) is 1.55. The van der Waals surface area contributed by atoms with Crippen LogP contribution in [0.15, 0.2) is 55.0 Å². The van der Waals surface area contributed by atoms with Crippen LogP contribution in [-0.4, -0.2) is 102 Å². The normalized spacial score (nSPS) is 20.2. The number of hydrogen-bond acceptors (Lipinski definition) is 10. The second kappa shape index (κ2) is 16.3. The van der Waals surface area contributed by atoms with Crippen molar-refractivity contribution in [2.75, 3.05) is 46.6 Å². The third kappa shape index (κ3) is 8.60. The Labute approximate surface area is 290 Å². The average molecular weight is 687 g/mol. The minimum Gasteiger partial charge on any atom is -0.493 e. The van der Waals surface area contributed by atoms with Gasteiger partial charge in [-0.3, -0.25) is 24.2 Å². The third-order valence-electron chi connectivity index (χ3n) is 8.99. The molecule has 2 N–H and O–H groups in total. The Morgan fingerprint density at radius 1 is 0.940 bits per heavy atom. The quantitative estimate of drug-likeness (QED) is 0.417. The summed E-state index contributed by atoms with van der Waals surface area (Å²) in [6.45, 7) is 1.99. The van der Waals surface area contributed by atoms with E-state index < -0.39 is 12.1 Å². The summed E-state index contributed by atoms with van der Waals surface area (Å²) in [6.07, 6.45) is 6.90. The molecule has 4 amide bonds. The molecule has 0 spiro atoms. The first-order chi connectivity index (χ1) is 24.4. The lowest BCUT2D eigenvalue weighted by Crippen LogP contribution is -2.46. The second-order valence-electron chi connectivity index (χ2n) is 12.5. The molecular weight excluding hydrogens is 644 g/mol. The number of nitrogens with one attached hydrogen (secondary N) is 2. The van der Waals surface area contributed by atoms with E-state index in [1.54, 1.807) is 35.1 Å². The van der Waals surface area contributed by atoms with Gasteiger partial charge >= 0.3 is 0 Å². The average Bonchev–Trinajstić information content (AvgIpc) is 3.79. The van der Waals surface area contributed by atoms with E-state index in [0.717, 1.165) is 11.1 Å². The molecule has 14 nitrogen and oxygen atoms in total. The van der Waals surface area contributed by atoms with Crippen molar-refractivity contribution in [3.8, 4) is 23.0 Å².